The van der Waals surface area contributed by atoms with E-state index >= 15 is 0 Å². The van der Waals surface area contributed by atoms with Crippen molar-refractivity contribution in [3.05, 3.63) is 101 Å². The summed E-state index contributed by atoms with van der Waals surface area (Å²) in [6.07, 6.45) is 0. The molecule has 0 unspecified atom stereocenters. The number of amides is 3. The number of carbonyl (C=O) groups is 3. The van der Waals surface area contributed by atoms with Crippen LogP contribution in [-0.2, 0) is 0 Å². The molecule has 0 aliphatic heterocycles. The lowest BCUT2D eigenvalue weighted by Gasteiger charge is -2.12. The number of hydrogen-bond donors (Lipinski definition) is 3. The first-order valence-corrected chi connectivity index (χ1v) is 8.37. The summed E-state index contributed by atoms with van der Waals surface area (Å²) in [6.45, 7) is 0. The Labute approximate surface area is 160 Å². The van der Waals surface area contributed by atoms with Crippen LogP contribution >= 0.6 is 0 Å². The highest BCUT2D eigenvalue weighted by molar-refractivity contribution is 6.09. The van der Waals surface area contributed by atoms with Gasteiger partial charge in [-0.05, 0) is 36.4 Å². The maximum Gasteiger partial charge on any atom is 0.272 e. The molecule has 0 saturated heterocycles. The van der Waals surface area contributed by atoms with Crippen LogP contribution in [0.1, 0.15) is 31.1 Å². The summed E-state index contributed by atoms with van der Waals surface area (Å²) >= 11 is 0. The summed E-state index contributed by atoms with van der Waals surface area (Å²) in [6, 6.07) is 20.3. The van der Waals surface area contributed by atoms with E-state index < -0.39 is 17.6 Å². The van der Waals surface area contributed by atoms with E-state index in [1.807, 2.05) is 0 Å². The molecule has 0 fully saturated rings. The van der Waals surface area contributed by atoms with E-state index in [0.29, 0.717) is 5.56 Å². The van der Waals surface area contributed by atoms with E-state index in [0.717, 1.165) is 6.07 Å². The summed E-state index contributed by atoms with van der Waals surface area (Å²) in [4.78, 5) is 36.8. The van der Waals surface area contributed by atoms with Crippen LogP contribution in [0.15, 0.2) is 78.9 Å². The highest BCUT2D eigenvalue weighted by atomic mass is 19.1. The lowest BCUT2D eigenvalue weighted by atomic mass is 10.1. The molecule has 6 nitrogen and oxygen atoms in total. The van der Waals surface area contributed by atoms with Crippen molar-refractivity contribution < 1.29 is 18.8 Å². The number of rotatable bonds is 4. The van der Waals surface area contributed by atoms with Crippen molar-refractivity contribution in [3.63, 3.8) is 0 Å². The van der Waals surface area contributed by atoms with Gasteiger partial charge in [-0.3, -0.25) is 25.2 Å². The monoisotopic (exact) mass is 377 g/mol. The second kappa shape index (κ2) is 8.59. The third kappa shape index (κ3) is 4.39. The zero-order valence-corrected chi connectivity index (χ0v) is 14.6. The number of nitrogens with one attached hydrogen (secondary N) is 3. The molecular formula is C21H16FN3O3. The van der Waals surface area contributed by atoms with E-state index in [4.69, 9.17) is 0 Å². The van der Waals surface area contributed by atoms with Crippen LogP contribution in [0.4, 0.5) is 10.1 Å². The SMILES string of the molecule is O=C(Nc1ccccc1C(=O)NNC(=O)c1ccccc1F)c1ccccc1. The largest absolute Gasteiger partial charge is 0.321 e. The Morgan fingerprint density at radius 3 is 1.82 bits per heavy atom. The zero-order chi connectivity index (χ0) is 19.9. The second-order valence-corrected chi connectivity index (χ2v) is 5.75. The fourth-order valence-corrected chi connectivity index (χ4v) is 2.47. The Kier molecular flexibility index (Phi) is 5.76. The molecule has 0 aliphatic carbocycles. The van der Waals surface area contributed by atoms with Gasteiger partial charge in [0.05, 0.1) is 16.8 Å². The van der Waals surface area contributed by atoms with Gasteiger partial charge in [-0.25, -0.2) is 4.39 Å². The Morgan fingerprint density at radius 1 is 0.607 bits per heavy atom. The molecule has 3 amide bonds. The fourth-order valence-electron chi connectivity index (χ4n) is 2.47. The molecule has 0 bridgehead atoms. The van der Waals surface area contributed by atoms with Crippen LogP contribution in [0.25, 0.3) is 0 Å². The first kappa shape index (κ1) is 18.8. The number of para-hydroxylation sites is 1. The van der Waals surface area contributed by atoms with E-state index in [1.54, 1.807) is 48.5 Å². The lowest BCUT2D eigenvalue weighted by molar-refractivity contribution is 0.0844. The van der Waals surface area contributed by atoms with Gasteiger partial charge >= 0.3 is 0 Å². The molecule has 0 spiro atoms. The van der Waals surface area contributed by atoms with Gasteiger partial charge < -0.3 is 5.32 Å². The second-order valence-electron chi connectivity index (χ2n) is 5.75. The topological polar surface area (TPSA) is 87.3 Å². The first-order chi connectivity index (χ1) is 13.6. The normalized spacial score (nSPS) is 10.0. The Bertz CT molecular complexity index is 1020. The van der Waals surface area contributed by atoms with Crippen molar-refractivity contribution in [2.75, 3.05) is 5.32 Å². The molecule has 0 heterocycles. The van der Waals surface area contributed by atoms with Crippen molar-refractivity contribution in [2.24, 2.45) is 0 Å². The number of hydrazine groups is 1. The Morgan fingerprint density at radius 2 is 1.14 bits per heavy atom. The molecule has 3 aromatic rings. The molecule has 7 heteroatoms. The highest BCUT2D eigenvalue weighted by Crippen LogP contribution is 2.16. The van der Waals surface area contributed by atoms with Crippen molar-refractivity contribution in [1.82, 2.24) is 10.9 Å². The van der Waals surface area contributed by atoms with Gasteiger partial charge in [0, 0.05) is 5.56 Å². The van der Waals surface area contributed by atoms with Crippen molar-refractivity contribution in [2.45, 2.75) is 0 Å². The van der Waals surface area contributed by atoms with Gasteiger partial charge in [0.25, 0.3) is 17.7 Å². The van der Waals surface area contributed by atoms with Crippen LogP contribution in [0, 0.1) is 5.82 Å². The molecule has 0 aromatic heterocycles. The van der Waals surface area contributed by atoms with Crippen molar-refractivity contribution in [3.8, 4) is 0 Å². The summed E-state index contributed by atoms with van der Waals surface area (Å²) < 4.78 is 13.6. The van der Waals surface area contributed by atoms with Crippen LogP contribution in [-0.4, -0.2) is 17.7 Å². The van der Waals surface area contributed by atoms with Gasteiger partial charge in [0.2, 0.25) is 0 Å². The van der Waals surface area contributed by atoms with Gasteiger partial charge in [-0.15, -0.1) is 0 Å². The Balaban J connectivity index is 1.70. The number of carbonyl (C=O) groups excluding carboxylic acids is 3. The average molecular weight is 377 g/mol. The molecular weight excluding hydrogens is 361 g/mol. The predicted octanol–water partition coefficient (Wildman–Crippen LogP) is 3.15. The fraction of sp³-hybridized carbons (Fsp3) is 0. The third-order valence-electron chi connectivity index (χ3n) is 3.86. The van der Waals surface area contributed by atoms with E-state index in [-0.39, 0.29) is 22.7 Å². The number of anilines is 1. The van der Waals surface area contributed by atoms with Gasteiger partial charge in [0.15, 0.2) is 0 Å². The minimum absolute atomic E-state index is 0.139. The standard InChI is InChI=1S/C21H16FN3O3/c22-17-12-6-4-10-15(17)20(27)24-25-21(28)16-11-5-7-13-18(16)23-19(26)14-8-2-1-3-9-14/h1-13H,(H,23,26)(H,24,27)(H,25,28). The summed E-state index contributed by atoms with van der Waals surface area (Å²) in [5.74, 6) is -2.54. The number of benzene rings is 3. The van der Waals surface area contributed by atoms with E-state index in [2.05, 4.69) is 16.2 Å². The molecule has 3 rings (SSSR count). The number of hydrogen-bond acceptors (Lipinski definition) is 3. The molecule has 3 aromatic carbocycles. The highest BCUT2D eigenvalue weighted by Gasteiger charge is 2.16. The molecule has 0 saturated carbocycles. The minimum Gasteiger partial charge on any atom is -0.321 e. The summed E-state index contributed by atoms with van der Waals surface area (Å²) in [5, 5.41) is 2.66. The Hall–Kier alpha value is -4.00. The molecule has 0 radical (unpaired) electrons. The van der Waals surface area contributed by atoms with Crippen molar-refractivity contribution >= 4 is 23.4 Å². The molecule has 0 aliphatic rings. The zero-order valence-electron chi connectivity index (χ0n) is 14.6. The van der Waals surface area contributed by atoms with E-state index in [9.17, 15) is 18.8 Å². The number of halogens is 1. The molecule has 3 N–H and O–H groups in total. The maximum absolute atomic E-state index is 13.6. The average Bonchev–Trinajstić information content (AvgIpc) is 2.73. The van der Waals surface area contributed by atoms with Gasteiger partial charge in [0.1, 0.15) is 5.82 Å². The molecule has 0 atom stereocenters. The first-order valence-electron chi connectivity index (χ1n) is 8.37. The molecule has 140 valence electrons. The minimum atomic E-state index is -0.794. The summed E-state index contributed by atoms with van der Waals surface area (Å²) in [7, 11) is 0. The van der Waals surface area contributed by atoms with Crippen LogP contribution < -0.4 is 16.2 Å². The van der Waals surface area contributed by atoms with Gasteiger partial charge in [-0.1, -0.05) is 42.5 Å². The maximum atomic E-state index is 13.6. The summed E-state index contributed by atoms with van der Waals surface area (Å²) in [5.41, 5.74) is 5.03. The third-order valence-corrected chi connectivity index (χ3v) is 3.86. The molecule has 28 heavy (non-hydrogen) atoms. The smallest absolute Gasteiger partial charge is 0.272 e. The van der Waals surface area contributed by atoms with Crippen molar-refractivity contribution in [1.29, 1.82) is 0 Å². The van der Waals surface area contributed by atoms with Crippen LogP contribution in [0.2, 0.25) is 0 Å². The van der Waals surface area contributed by atoms with Crippen LogP contribution in [0.5, 0.6) is 0 Å². The lowest BCUT2D eigenvalue weighted by Crippen LogP contribution is -2.42. The predicted molar refractivity (Wildman–Crippen MR) is 102 cm³/mol. The quantitative estimate of drug-likeness (QED) is 0.611. The van der Waals surface area contributed by atoms with Crippen LogP contribution in [0.3, 0.4) is 0 Å². The van der Waals surface area contributed by atoms with Gasteiger partial charge in [-0.2, -0.15) is 0 Å². The van der Waals surface area contributed by atoms with E-state index in [1.165, 1.54) is 24.3 Å².